The van der Waals surface area contributed by atoms with E-state index in [2.05, 4.69) is 5.32 Å². The van der Waals surface area contributed by atoms with Crippen molar-refractivity contribution in [1.29, 1.82) is 5.26 Å². The molecule has 0 radical (unpaired) electrons. The lowest BCUT2D eigenvalue weighted by molar-refractivity contribution is -0.383. The van der Waals surface area contributed by atoms with Crippen LogP contribution in [0.3, 0.4) is 0 Å². The highest BCUT2D eigenvalue weighted by molar-refractivity contribution is 14.1. The van der Waals surface area contributed by atoms with Crippen molar-refractivity contribution in [2.45, 2.75) is 6.92 Å². The predicted octanol–water partition coefficient (Wildman–Crippen LogP) is 4.33. The van der Waals surface area contributed by atoms with Crippen molar-refractivity contribution >= 4 is 63.5 Å². The Balaban J connectivity index is 2.40. The number of hydrogen-bond donors (Lipinski definition) is 1. The van der Waals surface area contributed by atoms with E-state index in [0.717, 1.165) is 6.07 Å². The molecule has 0 bridgehead atoms. The molecule has 0 atom stereocenters. The van der Waals surface area contributed by atoms with Crippen LogP contribution >= 0.6 is 34.2 Å². The lowest BCUT2D eigenvalue weighted by Crippen LogP contribution is -2.14. The van der Waals surface area contributed by atoms with Crippen molar-refractivity contribution in [3.8, 4) is 17.6 Å². The number of amides is 1. The standard InChI is InChI=1S/C19H13ClIN3O6/c1-10(25)30-18-14(21)6-11(7-17(18)29-2)5-12(9-22)19(26)23-15-4-3-13(20)8-16(15)24(27)28/h3-8H,1-2H3,(H,23,26)/b12-5+. The summed E-state index contributed by atoms with van der Waals surface area (Å²) in [5.41, 5.74) is -0.398. The monoisotopic (exact) mass is 541 g/mol. The number of benzene rings is 2. The minimum absolute atomic E-state index is 0.104. The lowest BCUT2D eigenvalue weighted by atomic mass is 10.1. The second kappa shape index (κ2) is 10.0. The molecule has 2 rings (SSSR count). The molecule has 0 aliphatic heterocycles. The SMILES string of the molecule is COc1cc(/C=C(\C#N)C(=O)Nc2ccc(Cl)cc2[N+](=O)[O-])cc(I)c1OC(C)=O. The van der Waals surface area contributed by atoms with Gasteiger partial charge in [0.15, 0.2) is 11.5 Å². The number of ether oxygens (including phenoxy) is 2. The predicted molar refractivity (Wildman–Crippen MR) is 117 cm³/mol. The number of nitro groups is 1. The molecule has 11 heteroatoms. The van der Waals surface area contributed by atoms with Gasteiger partial charge in [-0.2, -0.15) is 5.26 Å². The molecule has 2 aromatic carbocycles. The molecule has 0 aliphatic carbocycles. The van der Waals surface area contributed by atoms with E-state index in [1.54, 1.807) is 12.1 Å². The molecule has 1 N–H and O–H groups in total. The summed E-state index contributed by atoms with van der Waals surface area (Å²) >= 11 is 7.68. The molecule has 0 saturated heterocycles. The Hall–Kier alpha value is -3.17. The number of nitrogens with zero attached hydrogens (tertiary/aromatic N) is 2. The van der Waals surface area contributed by atoms with Gasteiger partial charge in [0.25, 0.3) is 11.6 Å². The molecule has 1 amide bonds. The number of carbonyl (C=O) groups is 2. The van der Waals surface area contributed by atoms with Crippen LogP contribution in [0.25, 0.3) is 6.08 Å². The van der Waals surface area contributed by atoms with E-state index < -0.39 is 22.5 Å². The fraction of sp³-hybridized carbons (Fsp3) is 0.105. The highest BCUT2D eigenvalue weighted by atomic mass is 127. The molecule has 0 aromatic heterocycles. The van der Waals surface area contributed by atoms with Crippen LogP contribution in [-0.4, -0.2) is 23.9 Å². The maximum Gasteiger partial charge on any atom is 0.308 e. The second-order valence-electron chi connectivity index (χ2n) is 5.67. The van der Waals surface area contributed by atoms with E-state index in [-0.39, 0.29) is 27.8 Å². The van der Waals surface area contributed by atoms with E-state index in [1.807, 2.05) is 22.6 Å². The number of nitriles is 1. The first-order chi connectivity index (χ1) is 14.2. The number of esters is 1. The number of nitro benzene ring substituents is 1. The van der Waals surface area contributed by atoms with Gasteiger partial charge in [-0.1, -0.05) is 11.6 Å². The summed E-state index contributed by atoms with van der Waals surface area (Å²) in [7, 11) is 1.38. The quantitative estimate of drug-likeness (QED) is 0.109. The summed E-state index contributed by atoms with van der Waals surface area (Å²) in [6, 6.07) is 8.56. The fourth-order valence-corrected chi connectivity index (χ4v) is 3.23. The molecule has 154 valence electrons. The minimum Gasteiger partial charge on any atom is -0.493 e. The van der Waals surface area contributed by atoms with Crippen LogP contribution in [0.5, 0.6) is 11.5 Å². The number of anilines is 1. The molecule has 0 unspecified atom stereocenters. The molecular weight excluding hydrogens is 529 g/mol. The highest BCUT2D eigenvalue weighted by Gasteiger charge is 2.19. The third kappa shape index (κ3) is 5.68. The Morgan fingerprint density at radius 3 is 2.60 bits per heavy atom. The molecule has 0 fully saturated rings. The minimum atomic E-state index is -0.846. The average molecular weight is 542 g/mol. The van der Waals surface area contributed by atoms with E-state index in [9.17, 15) is 25.0 Å². The molecule has 0 spiro atoms. The smallest absolute Gasteiger partial charge is 0.308 e. The van der Waals surface area contributed by atoms with Crippen LogP contribution in [-0.2, 0) is 9.59 Å². The highest BCUT2D eigenvalue weighted by Crippen LogP contribution is 2.35. The Morgan fingerprint density at radius 1 is 1.33 bits per heavy atom. The molecule has 2 aromatic rings. The van der Waals surface area contributed by atoms with Crippen LogP contribution < -0.4 is 14.8 Å². The zero-order chi connectivity index (χ0) is 22.4. The van der Waals surface area contributed by atoms with Crippen LogP contribution in [0.1, 0.15) is 12.5 Å². The van der Waals surface area contributed by atoms with Crippen molar-refractivity contribution in [3.05, 3.63) is 60.2 Å². The normalized spacial score (nSPS) is 10.7. The summed E-state index contributed by atoms with van der Waals surface area (Å²) in [5.74, 6) is -0.936. The Labute approximate surface area is 189 Å². The second-order valence-corrected chi connectivity index (χ2v) is 7.27. The average Bonchev–Trinajstić information content (AvgIpc) is 2.68. The van der Waals surface area contributed by atoms with Crippen molar-refractivity contribution in [2.75, 3.05) is 12.4 Å². The number of hydrogen-bond acceptors (Lipinski definition) is 7. The molecule has 0 aliphatic rings. The van der Waals surface area contributed by atoms with E-state index in [1.165, 1.54) is 38.3 Å². The first-order valence-corrected chi connectivity index (χ1v) is 9.55. The molecule has 9 nitrogen and oxygen atoms in total. The van der Waals surface area contributed by atoms with Gasteiger partial charge in [-0.3, -0.25) is 19.7 Å². The van der Waals surface area contributed by atoms with Gasteiger partial charge in [0.05, 0.1) is 15.6 Å². The topological polar surface area (TPSA) is 132 Å². The van der Waals surface area contributed by atoms with Crippen LogP contribution in [0.4, 0.5) is 11.4 Å². The van der Waals surface area contributed by atoms with Gasteiger partial charge in [-0.25, -0.2) is 0 Å². The summed E-state index contributed by atoms with van der Waals surface area (Å²) in [4.78, 5) is 34.2. The first-order valence-electron chi connectivity index (χ1n) is 8.09. The van der Waals surface area contributed by atoms with Gasteiger partial charge in [0, 0.05) is 18.0 Å². The summed E-state index contributed by atoms with van der Waals surface area (Å²) in [6.07, 6.45) is 1.28. The third-order valence-electron chi connectivity index (χ3n) is 3.58. The van der Waals surface area contributed by atoms with Crippen molar-refractivity contribution < 1.29 is 24.0 Å². The summed E-state index contributed by atoms with van der Waals surface area (Å²) in [5, 5.41) is 23.0. The van der Waals surface area contributed by atoms with Gasteiger partial charge in [-0.05, 0) is 58.5 Å². The van der Waals surface area contributed by atoms with Crippen LogP contribution in [0.2, 0.25) is 5.02 Å². The Morgan fingerprint density at radius 2 is 2.03 bits per heavy atom. The largest absolute Gasteiger partial charge is 0.493 e. The van der Waals surface area contributed by atoms with Crippen molar-refractivity contribution in [3.63, 3.8) is 0 Å². The zero-order valence-electron chi connectivity index (χ0n) is 15.6. The summed E-state index contributed by atoms with van der Waals surface area (Å²) < 4.78 is 10.8. The van der Waals surface area contributed by atoms with E-state index in [0.29, 0.717) is 9.13 Å². The van der Waals surface area contributed by atoms with Crippen LogP contribution in [0.15, 0.2) is 35.9 Å². The van der Waals surface area contributed by atoms with Gasteiger partial charge in [0.1, 0.15) is 17.3 Å². The third-order valence-corrected chi connectivity index (χ3v) is 4.61. The number of rotatable bonds is 6. The van der Waals surface area contributed by atoms with Crippen molar-refractivity contribution in [1.82, 2.24) is 0 Å². The maximum atomic E-state index is 12.5. The Kier molecular flexibility index (Phi) is 7.73. The van der Waals surface area contributed by atoms with Gasteiger partial charge in [0.2, 0.25) is 0 Å². The fourth-order valence-electron chi connectivity index (χ4n) is 2.33. The lowest BCUT2D eigenvalue weighted by Gasteiger charge is -2.11. The number of nitrogens with one attached hydrogen (secondary N) is 1. The first kappa shape index (κ1) is 23.1. The van der Waals surface area contributed by atoms with Gasteiger partial charge < -0.3 is 14.8 Å². The molecule has 0 heterocycles. The summed E-state index contributed by atoms with van der Waals surface area (Å²) in [6.45, 7) is 1.25. The van der Waals surface area contributed by atoms with Crippen LogP contribution in [0, 0.1) is 25.0 Å². The van der Waals surface area contributed by atoms with E-state index >= 15 is 0 Å². The van der Waals surface area contributed by atoms with Crippen molar-refractivity contribution in [2.24, 2.45) is 0 Å². The van der Waals surface area contributed by atoms with E-state index in [4.69, 9.17) is 21.1 Å². The Bertz CT molecular complexity index is 1110. The van der Waals surface area contributed by atoms with Gasteiger partial charge >= 0.3 is 5.97 Å². The van der Waals surface area contributed by atoms with Gasteiger partial charge in [-0.15, -0.1) is 0 Å². The maximum absolute atomic E-state index is 12.5. The molecule has 0 saturated carbocycles. The molecular formula is C19H13ClIN3O6. The number of halogens is 2. The molecule has 30 heavy (non-hydrogen) atoms. The zero-order valence-corrected chi connectivity index (χ0v) is 18.5. The number of methoxy groups -OCH3 is 1. The number of carbonyl (C=O) groups excluding carboxylic acids is 2.